The normalized spacial score (nSPS) is 11.5. The smallest absolute Gasteiger partial charge is 0.232 e. The number of halogens is 3. The maximum atomic E-state index is 13.3. The molecule has 3 nitrogen and oxygen atoms in total. The number of hydrogen-bond acceptors (Lipinski definition) is 3. The van der Waals surface area contributed by atoms with E-state index in [1.165, 1.54) is 12.1 Å². The first-order valence-electron chi connectivity index (χ1n) is 4.89. The van der Waals surface area contributed by atoms with Crippen LogP contribution in [0.2, 0.25) is 5.02 Å². The van der Waals surface area contributed by atoms with Crippen LogP contribution in [0.15, 0.2) is 18.2 Å². The van der Waals surface area contributed by atoms with Crippen LogP contribution in [0.5, 0.6) is 5.75 Å². The van der Waals surface area contributed by atoms with Gasteiger partial charge in [0.1, 0.15) is 0 Å². The molecule has 0 spiro atoms. The maximum absolute atomic E-state index is 13.3. The fourth-order valence-corrected chi connectivity index (χ4v) is 2.20. The summed E-state index contributed by atoms with van der Waals surface area (Å²) >= 11 is 5.56. The van der Waals surface area contributed by atoms with E-state index >= 15 is 0 Å². The molecular weight excluding hydrogens is 290 g/mol. The average molecular weight is 301 g/mol. The van der Waals surface area contributed by atoms with E-state index < -0.39 is 14.9 Å². The summed E-state index contributed by atoms with van der Waals surface area (Å²) in [7, 11) is 1.57. The molecule has 0 saturated heterocycles. The van der Waals surface area contributed by atoms with Crippen molar-refractivity contribution in [3.05, 3.63) is 29.0 Å². The van der Waals surface area contributed by atoms with E-state index in [9.17, 15) is 12.8 Å². The van der Waals surface area contributed by atoms with Gasteiger partial charge in [0.15, 0.2) is 11.6 Å². The highest BCUT2D eigenvalue weighted by molar-refractivity contribution is 8.13. The molecule has 0 aliphatic rings. The average Bonchev–Trinajstić information content (AvgIpc) is 2.22. The predicted molar refractivity (Wildman–Crippen MR) is 65.8 cm³/mol. The van der Waals surface area contributed by atoms with Crippen molar-refractivity contribution in [3.63, 3.8) is 0 Å². The topological polar surface area (TPSA) is 43.4 Å². The largest absolute Gasteiger partial charge is 0.490 e. The molecule has 0 aliphatic heterocycles. The van der Waals surface area contributed by atoms with Crippen molar-refractivity contribution in [1.29, 1.82) is 0 Å². The third kappa shape index (κ3) is 5.57. The van der Waals surface area contributed by atoms with Crippen LogP contribution in [0, 0.1) is 5.82 Å². The third-order valence-electron chi connectivity index (χ3n) is 1.96. The van der Waals surface area contributed by atoms with Crippen LogP contribution in [0.1, 0.15) is 12.8 Å². The van der Waals surface area contributed by atoms with Gasteiger partial charge in [-0.25, -0.2) is 12.8 Å². The molecule has 0 atom stereocenters. The number of unbranched alkanes of at least 4 members (excludes halogenated alkanes) is 1. The highest BCUT2D eigenvalue weighted by atomic mass is 35.7. The Labute approximate surface area is 109 Å². The summed E-state index contributed by atoms with van der Waals surface area (Å²) in [6, 6.07) is 4.45. The molecule has 17 heavy (non-hydrogen) atoms. The van der Waals surface area contributed by atoms with Crippen LogP contribution in [-0.4, -0.2) is 20.8 Å². The molecule has 0 radical (unpaired) electrons. The van der Waals surface area contributed by atoms with E-state index in [0.717, 1.165) is 0 Å². The molecule has 0 saturated carbocycles. The van der Waals surface area contributed by atoms with Gasteiger partial charge in [-0.2, -0.15) is 0 Å². The van der Waals surface area contributed by atoms with Crippen molar-refractivity contribution in [2.75, 3.05) is 12.4 Å². The summed E-state index contributed by atoms with van der Waals surface area (Å²) in [5, 5.41) is -0.00849. The fraction of sp³-hybridized carbons (Fsp3) is 0.400. The van der Waals surface area contributed by atoms with Gasteiger partial charge in [-0.05, 0) is 25.0 Å². The summed E-state index contributed by atoms with van der Waals surface area (Å²) in [4.78, 5) is 0. The lowest BCUT2D eigenvalue weighted by Gasteiger charge is -2.07. The number of ether oxygens (including phenoxy) is 1. The minimum atomic E-state index is -3.46. The van der Waals surface area contributed by atoms with E-state index in [1.54, 1.807) is 6.07 Å². The van der Waals surface area contributed by atoms with Gasteiger partial charge >= 0.3 is 0 Å². The summed E-state index contributed by atoms with van der Waals surface area (Å²) in [5.41, 5.74) is 0. The zero-order chi connectivity index (χ0) is 12.9. The Morgan fingerprint density at radius 1 is 1.29 bits per heavy atom. The van der Waals surface area contributed by atoms with Crippen LogP contribution >= 0.6 is 22.3 Å². The molecule has 0 bridgehead atoms. The number of benzene rings is 1. The Hall–Kier alpha value is -0.520. The van der Waals surface area contributed by atoms with E-state index in [0.29, 0.717) is 12.8 Å². The SMILES string of the molecule is O=S(=O)(Cl)CCCCOc1cccc(Cl)c1F. The molecule has 1 aromatic carbocycles. The first kappa shape index (κ1) is 14.5. The molecule has 7 heteroatoms. The zero-order valence-electron chi connectivity index (χ0n) is 8.83. The molecule has 0 aromatic heterocycles. The van der Waals surface area contributed by atoms with Crippen molar-refractivity contribution in [2.45, 2.75) is 12.8 Å². The minimum absolute atomic E-state index is 0.00849. The molecule has 0 N–H and O–H groups in total. The van der Waals surface area contributed by atoms with Crippen molar-refractivity contribution in [3.8, 4) is 5.75 Å². The molecule has 1 aromatic rings. The molecule has 1 rings (SSSR count). The molecule has 0 aliphatic carbocycles. The monoisotopic (exact) mass is 300 g/mol. The van der Waals surface area contributed by atoms with Gasteiger partial charge in [0, 0.05) is 10.7 Å². The van der Waals surface area contributed by atoms with Crippen LogP contribution in [0.4, 0.5) is 4.39 Å². The fourth-order valence-electron chi connectivity index (χ4n) is 1.15. The van der Waals surface area contributed by atoms with Crippen molar-refractivity contribution < 1.29 is 17.5 Å². The summed E-state index contributed by atoms with van der Waals surface area (Å²) in [6.45, 7) is 0.212. The van der Waals surface area contributed by atoms with Gasteiger partial charge in [-0.1, -0.05) is 17.7 Å². The first-order chi connectivity index (χ1) is 7.90. The Balaban J connectivity index is 2.34. The van der Waals surface area contributed by atoms with Crippen LogP contribution in [0.25, 0.3) is 0 Å². The van der Waals surface area contributed by atoms with Crippen LogP contribution in [-0.2, 0) is 9.05 Å². The lowest BCUT2D eigenvalue weighted by atomic mass is 10.3. The Morgan fingerprint density at radius 2 is 2.00 bits per heavy atom. The van der Waals surface area contributed by atoms with Gasteiger partial charge in [-0.3, -0.25) is 0 Å². The van der Waals surface area contributed by atoms with Crippen molar-refractivity contribution in [2.24, 2.45) is 0 Å². The van der Waals surface area contributed by atoms with E-state index in [1.807, 2.05) is 0 Å². The Bertz CT molecular complexity index is 476. The number of hydrogen-bond donors (Lipinski definition) is 0. The molecule has 0 unspecified atom stereocenters. The second-order valence-corrected chi connectivity index (χ2v) is 6.65. The zero-order valence-corrected chi connectivity index (χ0v) is 11.2. The molecule has 96 valence electrons. The van der Waals surface area contributed by atoms with Gasteiger partial charge in [0.05, 0.1) is 17.4 Å². The summed E-state index contributed by atoms with van der Waals surface area (Å²) in [6.07, 6.45) is 0.839. The van der Waals surface area contributed by atoms with E-state index in [4.69, 9.17) is 27.0 Å². The highest BCUT2D eigenvalue weighted by Gasteiger charge is 2.08. The molecule has 0 fully saturated rings. The lowest BCUT2D eigenvalue weighted by molar-refractivity contribution is 0.294. The second kappa shape index (κ2) is 6.42. The van der Waals surface area contributed by atoms with E-state index in [2.05, 4.69) is 0 Å². The minimum Gasteiger partial charge on any atom is -0.490 e. The van der Waals surface area contributed by atoms with E-state index in [-0.39, 0.29) is 23.1 Å². The lowest BCUT2D eigenvalue weighted by Crippen LogP contribution is -2.03. The number of rotatable bonds is 6. The first-order valence-corrected chi connectivity index (χ1v) is 7.75. The van der Waals surface area contributed by atoms with Crippen molar-refractivity contribution >= 4 is 31.3 Å². The Kier molecular flexibility index (Phi) is 5.49. The summed E-state index contributed by atoms with van der Waals surface area (Å²) < 4.78 is 39.7. The van der Waals surface area contributed by atoms with Gasteiger partial charge in [0.25, 0.3) is 0 Å². The molecular formula is C10H11Cl2FO3S. The Morgan fingerprint density at radius 3 is 2.65 bits per heavy atom. The highest BCUT2D eigenvalue weighted by Crippen LogP contribution is 2.24. The van der Waals surface area contributed by atoms with Gasteiger partial charge < -0.3 is 4.74 Å². The van der Waals surface area contributed by atoms with Crippen LogP contribution in [0.3, 0.4) is 0 Å². The van der Waals surface area contributed by atoms with Crippen LogP contribution < -0.4 is 4.74 Å². The maximum Gasteiger partial charge on any atom is 0.232 e. The molecule has 0 heterocycles. The standard InChI is InChI=1S/C10H11Cl2FO3S/c11-8-4-3-5-9(10(8)13)16-6-1-2-7-17(12,14)15/h3-5H,1-2,6-7H2. The molecule has 0 amide bonds. The van der Waals surface area contributed by atoms with Gasteiger partial charge in [0.2, 0.25) is 9.05 Å². The van der Waals surface area contributed by atoms with Crippen molar-refractivity contribution in [1.82, 2.24) is 0 Å². The predicted octanol–water partition coefficient (Wildman–Crippen LogP) is 3.21. The van der Waals surface area contributed by atoms with Gasteiger partial charge in [-0.15, -0.1) is 0 Å². The third-order valence-corrected chi connectivity index (χ3v) is 3.49. The quantitative estimate of drug-likeness (QED) is 0.598. The second-order valence-electron chi connectivity index (χ2n) is 3.35. The summed E-state index contributed by atoms with van der Waals surface area (Å²) in [5.74, 6) is -0.666.